The summed E-state index contributed by atoms with van der Waals surface area (Å²) in [5, 5.41) is 0. The molecule has 0 bridgehead atoms. The third kappa shape index (κ3) is 6.47. The highest BCUT2D eigenvalue weighted by atomic mass is 16.6. The van der Waals surface area contributed by atoms with Crippen molar-refractivity contribution in [2.45, 2.75) is 71.8 Å². The Morgan fingerprint density at radius 1 is 1.07 bits per heavy atom. The molecule has 7 heteroatoms. The minimum atomic E-state index is -0.429. The van der Waals surface area contributed by atoms with Gasteiger partial charge in [0.1, 0.15) is 5.60 Å². The molecule has 1 aromatic heterocycles. The van der Waals surface area contributed by atoms with Gasteiger partial charge in [0.05, 0.1) is 19.0 Å². The quantitative estimate of drug-likeness (QED) is 0.633. The van der Waals surface area contributed by atoms with Crippen molar-refractivity contribution < 1.29 is 14.3 Å². The van der Waals surface area contributed by atoms with Crippen molar-refractivity contribution in [3.05, 3.63) is 12.4 Å². The summed E-state index contributed by atoms with van der Waals surface area (Å²) in [7, 11) is 0. The van der Waals surface area contributed by atoms with Crippen molar-refractivity contribution in [2.24, 2.45) is 11.8 Å². The van der Waals surface area contributed by atoms with E-state index in [0.29, 0.717) is 18.4 Å². The molecule has 0 aliphatic carbocycles. The smallest absolute Gasteiger partial charge is 0.410 e. The summed E-state index contributed by atoms with van der Waals surface area (Å²) in [6.45, 7) is 12.2. The third-order valence-corrected chi connectivity index (χ3v) is 6.07. The maximum absolute atomic E-state index is 12.3. The van der Waals surface area contributed by atoms with E-state index in [-0.39, 0.29) is 6.09 Å². The Kier molecular flexibility index (Phi) is 7.78. The maximum Gasteiger partial charge on any atom is 0.410 e. The summed E-state index contributed by atoms with van der Waals surface area (Å²) in [5.41, 5.74) is -0.429. The zero-order valence-electron chi connectivity index (χ0n) is 19.1. The van der Waals surface area contributed by atoms with Gasteiger partial charge in [0, 0.05) is 26.2 Å². The number of likely N-dealkylation sites (tertiary alicyclic amines) is 1. The number of amides is 1. The Bertz CT molecular complexity index is 675. The normalized spacial score (nSPS) is 19.1. The first-order valence-corrected chi connectivity index (χ1v) is 11.5. The van der Waals surface area contributed by atoms with Crippen LogP contribution in [0.15, 0.2) is 12.4 Å². The second-order valence-electron chi connectivity index (χ2n) is 9.55. The SMILES string of the molecule is CCCCOc1cncc(N2CCC(C3CCN(C(=O)OC(C)(C)C)CC3)CC2)n1. The van der Waals surface area contributed by atoms with Gasteiger partial charge in [-0.1, -0.05) is 13.3 Å². The Balaban J connectivity index is 1.44. The van der Waals surface area contributed by atoms with Crippen LogP contribution in [-0.2, 0) is 4.74 Å². The molecule has 7 nitrogen and oxygen atoms in total. The van der Waals surface area contributed by atoms with Crippen LogP contribution in [0.4, 0.5) is 10.6 Å². The number of nitrogens with zero attached hydrogens (tertiary/aromatic N) is 4. The van der Waals surface area contributed by atoms with E-state index in [1.54, 1.807) is 6.20 Å². The van der Waals surface area contributed by atoms with Crippen molar-refractivity contribution in [3.63, 3.8) is 0 Å². The fourth-order valence-electron chi connectivity index (χ4n) is 4.36. The molecule has 168 valence electrons. The lowest BCUT2D eigenvalue weighted by molar-refractivity contribution is 0.0152. The highest BCUT2D eigenvalue weighted by molar-refractivity contribution is 5.68. The number of unbranched alkanes of at least 4 members (excludes halogenated alkanes) is 1. The Labute approximate surface area is 181 Å². The van der Waals surface area contributed by atoms with Gasteiger partial charge in [0.25, 0.3) is 0 Å². The second kappa shape index (κ2) is 10.3. The minimum absolute atomic E-state index is 0.171. The standard InChI is InChI=1S/C23H38N4O3/c1-5-6-15-29-21-17-24-16-20(25-21)26-11-7-18(8-12-26)19-9-13-27(14-10-19)22(28)30-23(2,3)4/h16-19H,5-15H2,1-4H3. The maximum atomic E-state index is 12.3. The highest BCUT2D eigenvalue weighted by Gasteiger charge is 2.32. The molecule has 2 aliphatic rings. The fraction of sp³-hybridized carbons (Fsp3) is 0.783. The highest BCUT2D eigenvalue weighted by Crippen LogP contribution is 2.34. The molecule has 2 saturated heterocycles. The summed E-state index contributed by atoms with van der Waals surface area (Å²) in [5.74, 6) is 2.96. The van der Waals surface area contributed by atoms with Crippen LogP contribution >= 0.6 is 0 Å². The molecule has 0 aromatic carbocycles. The average Bonchev–Trinajstić information content (AvgIpc) is 2.73. The number of carbonyl (C=O) groups excluding carboxylic acids is 1. The molecular weight excluding hydrogens is 380 g/mol. The fourth-order valence-corrected chi connectivity index (χ4v) is 4.36. The van der Waals surface area contributed by atoms with Crippen LogP contribution in [-0.4, -0.2) is 59.3 Å². The van der Waals surface area contributed by atoms with E-state index in [9.17, 15) is 4.79 Å². The number of hydrogen-bond donors (Lipinski definition) is 0. The van der Waals surface area contributed by atoms with Crippen LogP contribution in [0.3, 0.4) is 0 Å². The molecule has 3 rings (SSSR count). The summed E-state index contributed by atoms with van der Waals surface area (Å²) in [6.07, 6.45) is 9.99. The molecule has 0 N–H and O–H groups in total. The Morgan fingerprint density at radius 2 is 1.70 bits per heavy atom. The largest absolute Gasteiger partial charge is 0.477 e. The molecule has 0 radical (unpaired) electrons. The van der Waals surface area contributed by atoms with Crippen LogP contribution < -0.4 is 9.64 Å². The van der Waals surface area contributed by atoms with Crippen LogP contribution in [0.1, 0.15) is 66.2 Å². The van der Waals surface area contributed by atoms with Gasteiger partial charge in [-0.2, -0.15) is 4.98 Å². The van der Waals surface area contributed by atoms with E-state index in [2.05, 4.69) is 21.8 Å². The predicted octanol–water partition coefficient (Wildman–Crippen LogP) is 4.52. The van der Waals surface area contributed by atoms with Gasteiger partial charge in [-0.05, 0) is 64.7 Å². The number of aromatic nitrogens is 2. The van der Waals surface area contributed by atoms with Gasteiger partial charge in [0.2, 0.25) is 5.88 Å². The first-order valence-electron chi connectivity index (χ1n) is 11.5. The third-order valence-electron chi connectivity index (χ3n) is 6.07. The second-order valence-corrected chi connectivity index (χ2v) is 9.55. The van der Waals surface area contributed by atoms with Crippen LogP contribution in [0.5, 0.6) is 5.88 Å². The predicted molar refractivity (Wildman–Crippen MR) is 118 cm³/mol. The molecule has 0 unspecified atom stereocenters. The molecule has 2 aliphatic heterocycles. The zero-order valence-corrected chi connectivity index (χ0v) is 19.1. The van der Waals surface area contributed by atoms with Gasteiger partial charge in [0.15, 0.2) is 5.82 Å². The first-order chi connectivity index (χ1) is 14.4. The van der Waals surface area contributed by atoms with E-state index in [4.69, 9.17) is 9.47 Å². The monoisotopic (exact) mass is 418 g/mol. The van der Waals surface area contributed by atoms with E-state index >= 15 is 0 Å². The molecule has 0 saturated carbocycles. The molecule has 3 heterocycles. The van der Waals surface area contributed by atoms with E-state index in [1.165, 1.54) is 12.8 Å². The van der Waals surface area contributed by atoms with Gasteiger partial charge in [-0.25, -0.2) is 4.79 Å². The van der Waals surface area contributed by atoms with Crippen LogP contribution in [0.25, 0.3) is 0 Å². The number of carbonyl (C=O) groups is 1. The lowest BCUT2D eigenvalue weighted by atomic mass is 9.79. The number of ether oxygens (including phenoxy) is 2. The van der Waals surface area contributed by atoms with Crippen LogP contribution in [0, 0.1) is 11.8 Å². The molecule has 0 atom stereocenters. The van der Waals surface area contributed by atoms with Crippen molar-refractivity contribution in [1.82, 2.24) is 14.9 Å². The Hall–Kier alpha value is -2.05. The first kappa shape index (κ1) is 22.6. The molecule has 0 spiro atoms. The molecule has 1 amide bonds. The number of rotatable bonds is 6. The van der Waals surface area contributed by atoms with Gasteiger partial charge >= 0.3 is 6.09 Å². The number of anilines is 1. The Morgan fingerprint density at radius 3 is 2.30 bits per heavy atom. The van der Waals surface area contributed by atoms with Crippen LogP contribution in [0.2, 0.25) is 0 Å². The minimum Gasteiger partial charge on any atom is -0.477 e. The lowest BCUT2D eigenvalue weighted by Gasteiger charge is -2.40. The summed E-state index contributed by atoms with van der Waals surface area (Å²) < 4.78 is 11.2. The summed E-state index contributed by atoms with van der Waals surface area (Å²) in [6, 6.07) is 0. The molecule has 2 fully saturated rings. The van der Waals surface area contributed by atoms with E-state index < -0.39 is 5.60 Å². The van der Waals surface area contributed by atoms with Gasteiger partial charge in [-0.15, -0.1) is 0 Å². The van der Waals surface area contributed by atoms with Crippen molar-refractivity contribution in [3.8, 4) is 5.88 Å². The number of piperidine rings is 2. The van der Waals surface area contributed by atoms with Gasteiger partial charge in [-0.3, -0.25) is 4.98 Å². The van der Waals surface area contributed by atoms with Gasteiger partial charge < -0.3 is 19.3 Å². The van der Waals surface area contributed by atoms with E-state index in [0.717, 1.165) is 63.6 Å². The molecule has 1 aromatic rings. The summed E-state index contributed by atoms with van der Waals surface area (Å²) in [4.78, 5) is 25.4. The molecular formula is C23H38N4O3. The molecule has 30 heavy (non-hydrogen) atoms. The van der Waals surface area contributed by atoms with Crippen molar-refractivity contribution >= 4 is 11.9 Å². The summed E-state index contributed by atoms with van der Waals surface area (Å²) >= 11 is 0. The number of hydrogen-bond acceptors (Lipinski definition) is 6. The van der Waals surface area contributed by atoms with E-state index in [1.807, 2.05) is 31.9 Å². The van der Waals surface area contributed by atoms with Crippen molar-refractivity contribution in [2.75, 3.05) is 37.7 Å². The topological polar surface area (TPSA) is 67.8 Å². The average molecular weight is 419 g/mol. The zero-order chi connectivity index (χ0) is 21.6. The lowest BCUT2D eigenvalue weighted by Crippen LogP contribution is -2.44. The van der Waals surface area contributed by atoms with Crippen molar-refractivity contribution in [1.29, 1.82) is 0 Å².